The molecule has 27 heavy (non-hydrogen) atoms. The van der Waals surface area contributed by atoms with Crippen LogP contribution in [-0.4, -0.2) is 35.6 Å². The van der Waals surface area contributed by atoms with Crippen LogP contribution in [0.2, 0.25) is 0 Å². The van der Waals surface area contributed by atoms with Crippen molar-refractivity contribution in [3.8, 4) is 11.5 Å². The highest BCUT2D eigenvalue weighted by Gasteiger charge is 2.42. The third-order valence-corrected chi connectivity index (χ3v) is 6.17. The zero-order valence-corrected chi connectivity index (χ0v) is 16.7. The molecule has 3 rings (SSSR count). The number of benzene rings is 2. The Kier molecular flexibility index (Phi) is 4.55. The van der Waals surface area contributed by atoms with Crippen molar-refractivity contribution < 1.29 is 22.7 Å². The van der Waals surface area contributed by atoms with Crippen molar-refractivity contribution in [2.24, 2.45) is 0 Å². The molecule has 144 valence electrons. The number of fused-ring (bicyclic) bond motifs is 1. The van der Waals surface area contributed by atoms with Crippen LogP contribution in [0.5, 0.6) is 11.5 Å². The highest BCUT2D eigenvalue weighted by Crippen LogP contribution is 2.42. The van der Waals surface area contributed by atoms with E-state index in [1.165, 1.54) is 20.3 Å². The van der Waals surface area contributed by atoms with Crippen LogP contribution < -0.4 is 19.1 Å². The van der Waals surface area contributed by atoms with Gasteiger partial charge in [0.15, 0.2) is 11.5 Å². The summed E-state index contributed by atoms with van der Waals surface area (Å²) in [6, 6.07) is 9.46. The standard InChI is InChI=1S/C19H22N2O5S/c1-19(2)14-11-13(7-8-15(14)21(3)18(19)22)27(23,24)20-12-6-9-16(25-4)17(10-12)26-5/h6-11,20H,1-5H3. The molecule has 1 amide bonds. The number of hydrogen-bond donors (Lipinski definition) is 1. The normalized spacial score (nSPS) is 15.4. The Bertz CT molecular complexity index is 1010. The molecule has 1 aliphatic rings. The molecule has 8 heteroatoms. The van der Waals surface area contributed by atoms with E-state index in [0.717, 1.165) is 5.69 Å². The minimum absolute atomic E-state index is 0.0695. The molecule has 7 nitrogen and oxygen atoms in total. The second-order valence-corrected chi connectivity index (χ2v) is 8.53. The Labute approximate surface area is 158 Å². The lowest BCUT2D eigenvalue weighted by atomic mass is 9.86. The molecule has 1 aliphatic heterocycles. The molecule has 0 atom stereocenters. The van der Waals surface area contributed by atoms with Gasteiger partial charge in [-0.1, -0.05) is 0 Å². The fraction of sp³-hybridized carbons (Fsp3) is 0.316. The molecule has 0 bridgehead atoms. The smallest absolute Gasteiger partial charge is 0.261 e. The number of anilines is 2. The molecule has 1 N–H and O–H groups in total. The Morgan fingerprint density at radius 1 is 1.00 bits per heavy atom. The molecule has 0 fully saturated rings. The van der Waals surface area contributed by atoms with Crippen LogP contribution in [0.15, 0.2) is 41.3 Å². The largest absolute Gasteiger partial charge is 0.493 e. The maximum absolute atomic E-state index is 12.8. The van der Waals surface area contributed by atoms with Crippen molar-refractivity contribution in [2.45, 2.75) is 24.2 Å². The zero-order chi connectivity index (χ0) is 20.0. The minimum atomic E-state index is -3.84. The van der Waals surface area contributed by atoms with Gasteiger partial charge in [-0.3, -0.25) is 9.52 Å². The monoisotopic (exact) mass is 390 g/mol. The van der Waals surface area contributed by atoms with Gasteiger partial charge >= 0.3 is 0 Å². The lowest BCUT2D eigenvalue weighted by Gasteiger charge is -2.17. The first kappa shape index (κ1) is 19.0. The summed E-state index contributed by atoms with van der Waals surface area (Å²) in [5.41, 5.74) is 0.972. The number of carbonyl (C=O) groups is 1. The molecule has 0 saturated carbocycles. The zero-order valence-electron chi connectivity index (χ0n) is 15.9. The fourth-order valence-corrected chi connectivity index (χ4v) is 4.31. The van der Waals surface area contributed by atoms with Gasteiger partial charge in [-0.25, -0.2) is 8.42 Å². The third-order valence-electron chi connectivity index (χ3n) is 4.79. The quantitative estimate of drug-likeness (QED) is 0.849. The lowest BCUT2D eigenvalue weighted by molar-refractivity contribution is -0.121. The molecule has 2 aromatic rings. The number of carbonyl (C=O) groups excluding carboxylic acids is 1. The SMILES string of the molecule is COc1ccc(NS(=O)(=O)c2ccc3c(c2)C(C)(C)C(=O)N3C)cc1OC. The minimum Gasteiger partial charge on any atom is -0.493 e. The van der Waals surface area contributed by atoms with E-state index in [1.807, 2.05) is 0 Å². The van der Waals surface area contributed by atoms with Crippen LogP contribution in [0.1, 0.15) is 19.4 Å². The summed E-state index contributed by atoms with van der Waals surface area (Å²) in [5, 5.41) is 0. The van der Waals surface area contributed by atoms with Gasteiger partial charge in [0, 0.05) is 18.8 Å². The van der Waals surface area contributed by atoms with E-state index in [0.29, 0.717) is 22.7 Å². The molecule has 0 radical (unpaired) electrons. The highest BCUT2D eigenvalue weighted by molar-refractivity contribution is 7.92. The summed E-state index contributed by atoms with van der Waals surface area (Å²) < 4.78 is 38.6. The lowest BCUT2D eigenvalue weighted by Crippen LogP contribution is -2.33. The maximum Gasteiger partial charge on any atom is 0.261 e. The van der Waals surface area contributed by atoms with Gasteiger partial charge in [0.25, 0.3) is 10.0 Å². The van der Waals surface area contributed by atoms with E-state index < -0.39 is 15.4 Å². The number of ether oxygens (including phenoxy) is 2. The fourth-order valence-electron chi connectivity index (χ4n) is 3.23. The van der Waals surface area contributed by atoms with Crippen molar-refractivity contribution in [1.29, 1.82) is 0 Å². The molecule has 0 saturated heterocycles. The third kappa shape index (κ3) is 3.10. The number of likely N-dealkylation sites (N-methyl/N-ethyl adjacent to an activating group) is 1. The summed E-state index contributed by atoms with van der Waals surface area (Å²) in [6.07, 6.45) is 0. The van der Waals surface area contributed by atoms with Crippen LogP contribution in [0, 0.1) is 0 Å². The van der Waals surface area contributed by atoms with Crippen molar-refractivity contribution in [2.75, 3.05) is 30.9 Å². The van der Waals surface area contributed by atoms with Gasteiger partial charge in [0.1, 0.15) is 0 Å². The molecule has 0 aliphatic carbocycles. The first-order chi connectivity index (χ1) is 12.6. The Morgan fingerprint density at radius 2 is 1.67 bits per heavy atom. The van der Waals surface area contributed by atoms with Crippen LogP contribution in [-0.2, 0) is 20.2 Å². The van der Waals surface area contributed by atoms with Gasteiger partial charge in [0.2, 0.25) is 5.91 Å². The maximum atomic E-state index is 12.8. The molecule has 2 aromatic carbocycles. The molecule has 0 unspecified atom stereocenters. The van der Waals surface area contributed by atoms with E-state index in [2.05, 4.69) is 4.72 Å². The molecule has 0 spiro atoms. The highest BCUT2D eigenvalue weighted by atomic mass is 32.2. The van der Waals surface area contributed by atoms with Crippen molar-refractivity contribution >= 4 is 27.3 Å². The van der Waals surface area contributed by atoms with E-state index in [-0.39, 0.29) is 10.8 Å². The summed E-state index contributed by atoms with van der Waals surface area (Å²) in [7, 11) is 0.830. The second-order valence-electron chi connectivity index (χ2n) is 6.84. The van der Waals surface area contributed by atoms with Gasteiger partial charge in [0.05, 0.1) is 30.2 Å². The average Bonchev–Trinajstić information content (AvgIpc) is 2.81. The Morgan fingerprint density at radius 3 is 2.30 bits per heavy atom. The van der Waals surface area contributed by atoms with Crippen molar-refractivity contribution in [3.63, 3.8) is 0 Å². The number of nitrogens with zero attached hydrogens (tertiary/aromatic N) is 1. The van der Waals surface area contributed by atoms with Crippen LogP contribution >= 0.6 is 0 Å². The molecule has 1 heterocycles. The van der Waals surface area contributed by atoms with Crippen LogP contribution in [0.4, 0.5) is 11.4 Å². The first-order valence-corrected chi connectivity index (χ1v) is 9.77. The Balaban J connectivity index is 1.98. The number of hydrogen-bond acceptors (Lipinski definition) is 5. The predicted octanol–water partition coefficient (Wildman–Crippen LogP) is 2.76. The van der Waals surface area contributed by atoms with Gasteiger partial charge < -0.3 is 14.4 Å². The van der Waals surface area contributed by atoms with Crippen LogP contribution in [0.25, 0.3) is 0 Å². The number of sulfonamides is 1. The van der Waals surface area contributed by atoms with E-state index in [4.69, 9.17) is 9.47 Å². The van der Waals surface area contributed by atoms with E-state index >= 15 is 0 Å². The first-order valence-electron chi connectivity index (χ1n) is 8.29. The summed E-state index contributed by atoms with van der Waals surface area (Å²) in [6.45, 7) is 3.58. The topological polar surface area (TPSA) is 84.9 Å². The second kappa shape index (κ2) is 6.45. The van der Waals surface area contributed by atoms with E-state index in [1.54, 1.807) is 56.1 Å². The summed E-state index contributed by atoms with van der Waals surface area (Å²) >= 11 is 0. The molecule has 0 aromatic heterocycles. The molecular formula is C19H22N2O5S. The number of amides is 1. The van der Waals surface area contributed by atoms with Crippen LogP contribution in [0.3, 0.4) is 0 Å². The summed E-state index contributed by atoms with van der Waals surface area (Å²) in [5.74, 6) is 0.848. The van der Waals surface area contributed by atoms with Crippen molar-refractivity contribution in [1.82, 2.24) is 0 Å². The number of methoxy groups -OCH3 is 2. The average molecular weight is 390 g/mol. The van der Waals surface area contributed by atoms with Gasteiger partial charge in [-0.2, -0.15) is 0 Å². The van der Waals surface area contributed by atoms with Gasteiger partial charge in [-0.15, -0.1) is 0 Å². The number of rotatable bonds is 5. The Hall–Kier alpha value is -2.74. The number of nitrogens with one attached hydrogen (secondary N) is 1. The predicted molar refractivity (Wildman–Crippen MR) is 103 cm³/mol. The molecular weight excluding hydrogens is 368 g/mol. The van der Waals surface area contributed by atoms with Crippen molar-refractivity contribution in [3.05, 3.63) is 42.0 Å². The summed E-state index contributed by atoms with van der Waals surface area (Å²) in [4.78, 5) is 14.0. The van der Waals surface area contributed by atoms with Gasteiger partial charge in [-0.05, 0) is 49.7 Å². The van der Waals surface area contributed by atoms with E-state index in [9.17, 15) is 13.2 Å².